The molecule has 2 atom stereocenters. The predicted molar refractivity (Wildman–Crippen MR) is 62.6 cm³/mol. The molecular formula is C9H15NOS2. The van der Waals surface area contributed by atoms with E-state index in [-0.39, 0.29) is 22.6 Å². The van der Waals surface area contributed by atoms with Crippen LogP contribution in [-0.4, -0.2) is 18.0 Å². The van der Waals surface area contributed by atoms with Gasteiger partial charge in [-0.3, -0.25) is 0 Å². The molecule has 2 unspecified atom stereocenters. The topological polar surface area (TPSA) is 46.2 Å². The van der Waals surface area contributed by atoms with E-state index in [1.54, 1.807) is 0 Å². The first-order valence-electron chi connectivity index (χ1n) is 4.04. The Morgan fingerprint density at radius 2 is 2.00 bits per heavy atom. The maximum Gasteiger partial charge on any atom is 0.0624 e. The zero-order chi connectivity index (χ0) is 9.84. The summed E-state index contributed by atoms with van der Waals surface area (Å²) in [6, 6.07) is 7.67. The number of nitrogens with two attached hydrogens (primary N) is 1. The van der Waals surface area contributed by atoms with Crippen LogP contribution in [0.2, 0.25) is 0 Å². The normalized spacial score (nSPS) is 16.8. The van der Waals surface area contributed by atoms with Crippen LogP contribution in [-0.2, 0) is 0 Å². The van der Waals surface area contributed by atoms with Crippen LogP contribution in [0.25, 0.3) is 0 Å². The average Bonchev–Trinajstić information content (AvgIpc) is 2.17. The third kappa shape index (κ3) is 2.91. The third-order valence-electron chi connectivity index (χ3n) is 1.89. The van der Waals surface area contributed by atoms with Gasteiger partial charge in [-0.2, -0.15) is 9.93 Å². The van der Waals surface area contributed by atoms with Gasteiger partial charge in [0, 0.05) is 0 Å². The smallest absolute Gasteiger partial charge is 0.0624 e. The van der Waals surface area contributed by atoms with Crippen molar-refractivity contribution < 1.29 is 5.11 Å². The van der Waals surface area contributed by atoms with Crippen molar-refractivity contribution in [2.45, 2.75) is 10.9 Å². The molecule has 1 aromatic carbocycles. The van der Waals surface area contributed by atoms with Gasteiger partial charge in [-0.05, 0) is 28.8 Å². The first-order valence-corrected chi connectivity index (χ1v) is 6.98. The SMILES string of the molecule is C[SH](S)c1ccc(C(N)CO)cc1. The Morgan fingerprint density at radius 1 is 1.46 bits per heavy atom. The second-order valence-corrected chi connectivity index (χ2v) is 6.27. The highest BCUT2D eigenvalue weighted by molar-refractivity contribution is 8.77. The van der Waals surface area contributed by atoms with Crippen molar-refractivity contribution in [2.24, 2.45) is 5.73 Å². The zero-order valence-electron chi connectivity index (χ0n) is 7.51. The van der Waals surface area contributed by atoms with E-state index in [1.807, 2.05) is 24.3 Å². The Kier molecular flexibility index (Phi) is 4.12. The number of aliphatic hydroxyl groups is 1. The third-order valence-corrected chi connectivity index (χ3v) is 3.63. The molecule has 0 aliphatic heterocycles. The molecule has 0 fully saturated rings. The minimum atomic E-state index is -0.340. The van der Waals surface area contributed by atoms with Gasteiger partial charge in [-0.1, -0.05) is 12.1 Å². The summed E-state index contributed by atoms with van der Waals surface area (Å²) in [6.45, 7) is -0.0128. The van der Waals surface area contributed by atoms with E-state index in [2.05, 4.69) is 17.9 Å². The van der Waals surface area contributed by atoms with Gasteiger partial charge in [-0.15, -0.1) is 11.7 Å². The van der Waals surface area contributed by atoms with E-state index in [4.69, 9.17) is 10.8 Å². The average molecular weight is 217 g/mol. The summed E-state index contributed by atoms with van der Waals surface area (Å²) in [4.78, 5) is 1.23. The van der Waals surface area contributed by atoms with E-state index < -0.39 is 0 Å². The van der Waals surface area contributed by atoms with Crippen LogP contribution in [0.1, 0.15) is 11.6 Å². The lowest BCUT2D eigenvalue weighted by atomic mass is 10.1. The molecule has 0 amide bonds. The first-order chi connectivity index (χ1) is 6.15. The molecule has 0 aliphatic rings. The van der Waals surface area contributed by atoms with Crippen molar-refractivity contribution in [2.75, 3.05) is 12.9 Å². The molecule has 74 valence electrons. The lowest BCUT2D eigenvalue weighted by Gasteiger charge is -2.12. The van der Waals surface area contributed by atoms with Crippen LogP contribution >= 0.6 is 21.6 Å². The van der Waals surface area contributed by atoms with Gasteiger partial charge in [0.25, 0.3) is 0 Å². The van der Waals surface area contributed by atoms with Crippen LogP contribution in [0.15, 0.2) is 29.2 Å². The summed E-state index contributed by atoms with van der Waals surface area (Å²) in [7, 11) is -0.340. The largest absolute Gasteiger partial charge is 0.394 e. The Balaban J connectivity index is 2.81. The molecule has 0 radical (unpaired) electrons. The fraction of sp³-hybridized carbons (Fsp3) is 0.333. The molecule has 0 aromatic heterocycles. The molecule has 1 aromatic rings. The molecular weight excluding hydrogens is 202 g/mol. The monoisotopic (exact) mass is 217 g/mol. The van der Waals surface area contributed by atoms with Crippen LogP contribution in [0.3, 0.4) is 0 Å². The summed E-state index contributed by atoms with van der Waals surface area (Å²) >= 11 is 4.38. The van der Waals surface area contributed by atoms with Crippen molar-refractivity contribution in [1.82, 2.24) is 0 Å². The van der Waals surface area contributed by atoms with E-state index in [1.165, 1.54) is 4.90 Å². The molecule has 2 nitrogen and oxygen atoms in total. The van der Waals surface area contributed by atoms with Gasteiger partial charge in [0.2, 0.25) is 0 Å². The highest BCUT2D eigenvalue weighted by atomic mass is 33.1. The predicted octanol–water partition coefficient (Wildman–Crippen LogP) is 1.51. The highest BCUT2D eigenvalue weighted by Gasteiger charge is 2.03. The molecule has 4 heteroatoms. The minimum absolute atomic E-state index is 0.0128. The van der Waals surface area contributed by atoms with Crippen molar-refractivity contribution in [3.05, 3.63) is 29.8 Å². The second-order valence-electron chi connectivity index (χ2n) is 2.90. The molecule has 13 heavy (non-hydrogen) atoms. The van der Waals surface area contributed by atoms with Crippen LogP contribution in [0.4, 0.5) is 0 Å². The highest BCUT2D eigenvalue weighted by Crippen LogP contribution is 2.36. The van der Waals surface area contributed by atoms with E-state index in [0.29, 0.717) is 0 Å². The molecule has 0 bridgehead atoms. The maximum absolute atomic E-state index is 8.83. The number of aliphatic hydroxyl groups excluding tert-OH is 1. The number of hydrogen-bond donors (Lipinski definition) is 4. The van der Waals surface area contributed by atoms with Crippen LogP contribution in [0.5, 0.6) is 0 Å². The second kappa shape index (κ2) is 4.91. The first kappa shape index (κ1) is 10.9. The number of rotatable bonds is 3. The van der Waals surface area contributed by atoms with Crippen molar-refractivity contribution >= 4 is 21.6 Å². The zero-order valence-corrected chi connectivity index (χ0v) is 9.30. The molecule has 0 aliphatic carbocycles. The molecule has 3 N–H and O–H groups in total. The van der Waals surface area contributed by atoms with Gasteiger partial charge in [-0.25, -0.2) is 0 Å². The van der Waals surface area contributed by atoms with Gasteiger partial charge in [0.15, 0.2) is 0 Å². The van der Waals surface area contributed by atoms with Crippen LogP contribution < -0.4 is 5.73 Å². The summed E-state index contributed by atoms with van der Waals surface area (Å²) in [5.74, 6) is 0. The number of hydrogen-bond acceptors (Lipinski definition) is 3. The van der Waals surface area contributed by atoms with Crippen LogP contribution in [0, 0.1) is 0 Å². The van der Waals surface area contributed by atoms with E-state index in [0.717, 1.165) is 5.56 Å². The van der Waals surface area contributed by atoms with Crippen molar-refractivity contribution in [1.29, 1.82) is 0 Å². The summed E-state index contributed by atoms with van der Waals surface area (Å²) in [5.41, 5.74) is 6.63. The summed E-state index contributed by atoms with van der Waals surface area (Å²) in [6.07, 6.45) is 2.08. The fourth-order valence-corrected chi connectivity index (χ4v) is 2.02. The molecule has 0 saturated heterocycles. The van der Waals surface area contributed by atoms with E-state index in [9.17, 15) is 0 Å². The Labute approximate surface area is 86.3 Å². The Morgan fingerprint density at radius 3 is 2.38 bits per heavy atom. The lowest BCUT2D eigenvalue weighted by molar-refractivity contribution is 0.268. The summed E-state index contributed by atoms with van der Waals surface area (Å²) < 4.78 is 0. The molecule has 0 spiro atoms. The number of thiol groups is 2. The standard InChI is InChI=1S/C9H15NOS2/c1-13(12)8-4-2-7(3-5-8)9(10)6-11/h2-5,9,11-13H,6,10H2,1H3. The van der Waals surface area contributed by atoms with E-state index >= 15 is 0 Å². The van der Waals surface area contributed by atoms with Crippen molar-refractivity contribution in [3.8, 4) is 0 Å². The Hall–Kier alpha value is -0.160. The molecule has 0 heterocycles. The molecule has 1 rings (SSSR count). The maximum atomic E-state index is 8.83. The van der Waals surface area contributed by atoms with Gasteiger partial charge < -0.3 is 10.8 Å². The quantitative estimate of drug-likeness (QED) is 0.458. The van der Waals surface area contributed by atoms with Gasteiger partial charge >= 0.3 is 0 Å². The lowest BCUT2D eigenvalue weighted by Crippen LogP contribution is -2.14. The fourth-order valence-electron chi connectivity index (χ4n) is 1.04. The van der Waals surface area contributed by atoms with Gasteiger partial charge in [0.05, 0.1) is 12.6 Å². The number of benzene rings is 1. The Bertz CT molecular complexity index is 261. The summed E-state index contributed by atoms with van der Waals surface area (Å²) in [5, 5.41) is 8.83. The molecule has 0 saturated carbocycles. The van der Waals surface area contributed by atoms with Crippen molar-refractivity contribution in [3.63, 3.8) is 0 Å². The van der Waals surface area contributed by atoms with Gasteiger partial charge in [0.1, 0.15) is 0 Å². The minimum Gasteiger partial charge on any atom is -0.394 e.